The van der Waals surface area contributed by atoms with E-state index in [-0.39, 0.29) is 19.8 Å². The molecule has 0 aromatic carbocycles. The Morgan fingerprint density at radius 2 is 2.00 bits per heavy atom. The zero-order valence-corrected chi connectivity index (χ0v) is 10.3. The van der Waals surface area contributed by atoms with Gasteiger partial charge in [0.05, 0.1) is 24.1 Å². The van der Waals surface area contributed by atoms with E-state index in [2.05, 4.69) is 11.3 Å². The number of esters is 1. The van der Waals surface area contributed by atoms with Gasteiger partial charge >= 0.3 is 5.97 Å². The van der Waals surface area contributed by atoms with Crippen molar-refractivity contribution in [1.82, 2.24) is 0 Å². The fraction of sp³-hybridized carbons (Fsp3) is 0.667. The molecule has 0 aromatic heterocycles. The van der Waals surface area contributed by atoms with Crippen molar-refractivity contribution in [3.63, 3.8) is 0 Å². The van der Waals surface area contributed by atoms with E-state index in [0.717, 1.165) is 6.92 Å². The minimum absolute atomic E-state index is 0.0386. The van der Waals surface area contributed by atoms with Gasteiger partial charge in [0.2, 0.25) is 0 Å². The van der Waals surface area contributed by atoms with E-state index in [4.69, 9.17) is 18.4 Å². The van der Waals surface area contributed by atoms with Gasteiger partial charge in [0, 0.05) is 0 Å². The fourth-order valence-electron chi connectivity index (χ4n) is 0.760. The summed E-state index contributed by atoms with van der Waals surface area (Å²) in [6.07, 6.45) is 0.480. The molecule has 0 saturated carbocycles. The number of aliphatic hydroxyl groups excluding tert-OH is 1. The van der Waals surface area contributed by atoms with Gasteiger partial charge in [0.15, 0.2) is 5.25 Å². The Bertz CT molecular complexity index is 250. The Morgan fingerprint density at radius 3 is 2.47 bits per heavy atom. The topological polar surface area (TPSA) is 116 Å². The summed E-state index contributed by atoms with van der Waals surface area (Å²) < 4.78 is 35.8. The van der Waals surface area contributed by atoms with Crippen LogP contribution in [0.2, 0.25) is 0 Å². The number of hydrogen-bond donors (Lipinski definition) is 4. The van der Waals surface area contributed by atoms with Gasteiger partial charge in [-0.2, -0.15) is 0 Å². The molecule has 0 rings (SSSR count). The highest BCUT2D eigenvalue weighted by atomic mass is 32.3. The van der Waals surface area contributed by atoms with E-state index in [1.165, 1.54) is 6.08 Å². The highest BCUT2D eigenvalue weighted by Crippen LogP contribution is 2.39. The number of carbonyl (C=O) groups excluding carboxylic acids is 1. The predicted molar refractivity (Wildman–Crippen MR) is 62.9 cm³/mol. The number of carbonyl (C=O) groups is 1. The molecule has 0 aliphatic heterocycles. The second-order valence-electron chi connectivity index (χ2n) is 3.31. The Balaban J connectivity index is 3.87. The molecular weight excluding hydrogens is 252 g/mol. The van der Waals surface area contributed by atoms with Gasteiger partial charge in [-0.15, -0.1) is 6.58 Å². The van der Waals surface area contributed by atoms with Crippen LogP contribution in [0, 0.1) is 0 Å². The lowest BCUT2D eigenvalue weighted by atomic mass is 10.4. The van der Waals surface area contributed by atoms with Crippen molar-refractivity contribution in [3.05, 3.63) is 12.7 Å². The standard InChI is InChI=1S/C9H18O7S/c1-3-4-15-5-8(10)6-16-9(11)7(2)17(12,13)14/h3,7-8,10,12-14H,1,4-6H2,2H3. The SMILES string of the molecule is C=CCOCC(O)COC(=O)C(C)S(O)(O)O. The van der Waals surface area contributed by atoms with Crippen LogP contribution in [0.3, 0.4) is 0 Å². The molecule has 0 bridgehead atoms. The zero-order valence-electron chi connectivity index (χ0n) is 9.48. The highest BCUT2D eigenvalue weighted by molar-refractivity contribution is 8.20. The molecule has 8 heteroatoms. The van der Waals surface area contributed by atoms with Gasteiger partial charge < -0.3 is 28.2 Å². The molecule has 2 unspecified atom stereocenters. The third kappa shape index (κ3) is 7.31. The summed E-state index contributed by atoms with van der Waals surface area (Å²) in [6, 6.07) is 0. The molecule has 0 aliphatic carbocycles. The molecule has 0 aliphatic rings. The number of rotatable bonds is 8. The summed E-state index contributed by atoms with van der Waals surface area (Å²) in [5, 5.41) is 7.84. The van der Waals surface area contributed by atoms with Crippen LogP contribution in [0.4, 0.5) is 0 Å². The quantitative estimate of drug-likeness (QED) is 0.291. The summed E-state index contributed by atoms with van der Waals surface area (Å²) >= 11 is 0. The minimum atomic E-state index is -3.97. The van der Waals surface area contributed by atoms with Crippen LogP contribution in [-0.2, 0) is 14.3 Å². The summed E-state index contributed by atoms with van der Waals surface area (Å²) in [5.41, 5.74) is 0. The molecule has 0 heterocycles. The maximum absolute atomic E-state index is 11.2. The highest BCUT2D eigenvalue weighted by Gasteiger charge is 2.31. The molecule has 7 nitrogen and oxygen atoms in total. The second-order valence-corrected chi connectivity index (χ2v) is 5.14. The van der Waals surface area contributed by atoms with E-state index >= 15 is 0 Å². The van der Waals surface area contributed by atoms with Crippen LogP contribution in [0.1, 0.15) is 6.92 Å². The zero-order chi connectivity index (χ0) is 13.5. The number of hydrogen-bond acceptors (Lipinski definition) is 7. The third-order valence-electron chi connectivity index (χ3n) is 1.77. The Hall–Kier alpha value is -0.640. The molecule has 0 aromatic rings. The smallest absolute Gasteiger partial charge is 0.324 e. The molecule has 17 heavy (non-hydrogen) atoms. The fourth-order valence-corrected chi connectivity index (χ4v) is 1.09. The van der Waals surface area contributed by atoms with Crippen molar-refractivity contribution in [2.75, 3.05) is 19.8 Å². The Morgan fingerprint density at radius 1 is 1.41 bits per heavy atom. The van der Waals surface area contributed by atoms with Crippen molar-refractivity contribution in [3.8, 4) is 0 Å². The van der Waals surface area contributed by atoms with E-state index in [0.29, 0.717) is 0 Å². The average Bonchev–Trinajstić information content (AvgIpc) is 2.24. The van der Waals surface area contributed by atoms with Gasteiger partial charge in [0.25, 0.3) is 0 Å². The number of aliphatic hydroxyl groups is 1. The summed E-state index contributed by atoms with van der Waals surface area (Å²) in [4.78, 5) is 11.2. The van der Waals surface area contributed by atoms with Gasteiger partial charge in [0.1, 0.15) is 12.7 Å². The van der Waals surface area contributed by atoms with E-state index in [1.54, 1.807) is 0 Å². The van der Waals surface area contributed by atoms with Crippen LogP contribution >= 0.6 is 10.9 Å². The van der Waals surface area contributed by atoms with Gasteiger partial charge in [-0.1, -0.05) is 6.08 Å². The van der Waals surface area contributed by atoms with Crippen molar-refractivity contribution in [1.29, 1.82) is 0 Å². The lowest BCUT2D eigenvalue weighted by molar-refractivity contribution is -0.147. The van der Waals surface area contributed by atoms with Gasteiger partial charge in [-0.3, -0.25) is 4.79 Å². The third-order valence-corrected chi connectivity index (χ3v) is 2.91. The molecule has 0 saturated heterocycles. The van der Waals surface area contributed by atoms with Gasteiger partial charge in [-0.05, 0) is 6.92 Å². The van der Waals surface area contributed by atoms with Crippen LogP contribution in [-0.4, -0.2) is 55.9 Å². The molecule has 0 amide bonds. The van der Waals surface area contributed by atoms with Gasteiger partial charge in [-0.25, -0.2) is 0 Å². The Labute approximate surface area is 101 Å². The summed E-state index contributed by atoms with van der Waals surface area (Å²) in [5.74, 6) is -1.00. The largest absolute Gasteiger partial charge is 0.462 e. The lowest BCUT2D eigenvalue weighted by Gasteiger charge is -2.25. The summed E-state index contributed by atoms with van der Waals surface area (Å²) in [6.45, 7) is 4.39. The first-order chi connectivity index (χ1) is 7.79. The van der Waals surface area contributed by atoms with Crippen LogP contribution in [0.25, 0.3) is 0 Å². The van der Waals surface area contributed by atoms with Crippen LogP contribution < -0.4 is 0 Å². The first-order valence-corrected chi connectivity index (χ1v) is 6.38. The summed E-state index contributed by atoms with van der Waals surface area (Å²) in [7, 11) is -3.97. The molecule has 2 atom stereocenters. The molecule has 0 fully saturated rings. The predicted octanol–water partition coefficient (Wildman–Crippen LogP) is 0.705. The van der Waals surface area contributed by atoms with Crippen LogP contribution in [0.5, 0.6) is 0 Å². The maximum atomic E-state index is 11.2. The van der Waals surface area contributed by atoms with Crippen molar-refractivity contribution in [2.45, 2.75) is 18.3 Å². The van der Waals surface area contributed by atoms with Crippen molar-refractivity contribution >= 4 is 16.8 Å². The molecule has 0 radical (unpaired) electrons. The van der Waals surface area contributed by atoms with Crippen LogP contribution in [0.15, 0.2) is 12.7 Å². The second kappa shape index (κ2) is 7.64. The maximum Gasteiger partial charge on any atom is 0.324 e. The normalized spacial score (nSPS) is 16.1. The first kappa shape index (κ1) is 16.4. The lowest BCUT2D eigenvalue weighted by Crippen LogP contribution is -2.30. The average molecular weight is 270 g/mol. The molecular formula is C9H18O7S. The Kier molecular flexibility index (Phi) is 7.35. The minimum Gasteiger partial charge on any atom is -0.462 e. The van der Waals surface area contributed by atoms with E-state index < -0.39 is 28.2 Å². The van der Waals surface area contributed by atoms with Crippen molar-refractivity contribution < 1.29 is 33.0 Å². The molecule has 102 valence electrons. The monoisotopic (exact) mass is 270 g/mol. The first-order valence-electron chi connectivity index (χ1n) is 4.81. The number of ether oxygens (including phenoxy) is 2. The van der Waals surface area contributed by atoms with E-state index in [9.17, 15) is 9.90 Å². The molecule has 0 spiro atoms. The van der Waals surface area contributed by atoms with E-state index in [1.807, 2.05) is 0 Å². The molecule has 4 N–H and O–H groups in total. The van der Waals surface area contributed by atoms with Crippen molar-refractivity contribution in [2.24, 2.45) is 0 Å².